The highest BCUT2D eigenvalue weighted by Gasteiger charge is 2.05. The SMILES string of the molecule is Cc1cc(C(=O)O)ccc1CCOc1ccccc1. The van der Waals surface area contributed by atoms with Gasteiger partial charge in [0.1, 0.15) is 5.75 Å². The van der Waals surface area contributed by atoms with E-state index in [4.69, 9.17) is 9.84 Å². The number of carboxylic acid groups (broad SMARTS) is 1. The molecule has 0 aliphatic carbocycles. The molecule has 0 saturated heterocycles. The normalized spacial score (nSPS) is 10.2. The number of aromatic carboxylic acids is 1. The van der Waals surface area contributed by atoms with Crippen molar-refractivity contribution in [3.05, 3.63) is 65.2 Å². The number of carboxylic acids is 1. The molecule has 0 aliphatic heterocycles. The van der Waals surface area contributed by atoms with Crippen LogP contribution in [0.3, 0.4) is 0 Å². The fourth-order valence-corrected chi connectivity index (χ4v) is 1.90. The molecule has 3 nitrogen and oxygen atoms in total. The number of aryl methyl sites for hydroxylation is 1. The zero-order valence-electron chi connectivity index (χ0n) is 10.8. The Labute approximate surface area is 112 Å². The van der Waals surface area contributed by atoms with Gasteiger partial charge in [0.15, 0.2) is 0 Å². The molecule has 98 valence electrons. The van der Waals surface area contributed by atoms with E-state index < -0.39 is 5.97 Å². The summed E-state index contributed by atoms with van der Waals surface area (Å²) in [5.41, 5.74) is 2.42. The monoisotopic (exact) mass is 256 g/mol. The van der Waals surface area contributed by atoms with E-state index in [1.807, 2.05) is 43.3 Å². The molecule has 0 saturated carbocycles. The first-order chi connectivity index (χ1) is 9.16. The lowest BCUT2D eigenvalue weighted by Crippen LogP contribution is -2.04. The summed E-state index contributed by atoms with van der Waals surface area (Å²) in [5.74, 6) is -0.0440. The fraction of sp³-hybridized carbons (Fsp3) is 0.188. The Hall–Kier alpha value is -2.29. The number of hydrogen-bond donors (Lipinski definition) is 1. The Morgan fingerprint density at radius 3 is 2.53 bits per heavy atom. The molecule has 0 fully saturated rings. The van der Waals surface area contributed by atoms with E-state index in [9.17, 15) is 4.79 Å². The lowest BCUT2D eigenvalue weighted by Gasteiger charge is -2.09. The minimum Gasteiger partial charge on any atom is -0.493 e. The fourth-order valence-electron chi connectivity index (χ4n) is 1.90. The molecule has 1 N–H and O–H groups in total. The average molecular weight is 256 g/mol. The van der Waals surface area contributed by atoms with Gasteiger partial charge in [0.05, 0.1) is 12.2 Å². The second kappa shape index (κ2) is 6.05. The largest absolute Gasteiger partial charge is 0.493 e. The highest BCUT2D eigenvalue weighted by atomic mass is 16.5. The number of rotatable bonds is 5. The molecule has 0 aromatic heterocycles. The van der Waals surface area contributed by atoms with Gasteiger partial charge in [-0.05, 0) is 42.3 Å². The van der Waals surface area contributed by atoms with E-state index in [0.29, 0.717) is 12.2 Å². The van der Waals surface area contributed by atoms with Crippen molar-refractivity contribution in [2.75, 3.05) is 6.61 Å². The Morgan fingerprint density at radius 1 is 1.16 bits per heavy atom. The molecule has 2 aromatic rings. The number of para-hydroxylation sites is 1. The summed E-state index contributed by atoms with van der Waals surface area (Å²) >= 11 is 0. The average Bonchev–Trinajstić information content (AvgIpc) is 2.41. The zero-order valence-corrected chi connectivity index (χ0v) is 10.8. The van der Waals surface area contributed by atoms with E-state index in [-0.39, 0.29) is 0 Å². The standard InChI is InChI=1S/C16H16O3/c1-12-11-14(16(17)18)8-7-13(12)9-10-19-15-5-3-2-4-6-15/h2-8,11H,9-10H2,1H3,(H,17,18). The van der Waals surface area contributed by atoms with Crippen molar-refractivity contribution >= 4 is 5.97 Å². The highest BCUT2D eigenvalue weighted by molar-refractivity contribution is 5.87. The van der Waals surface area contributed by atoms with Crippen LogP contribution < -0.4 is 4.74 Å². The number of ether oxygens (including phenoxy) is 1. The van der Waals surface area contributed by atoms with E-state index in [0.717, 1.165) is 23.3 Å². The minimum absolute atomic E-state index is 0.324. The van der Waals surface area contributed by atoms with Crippen LogP contribution in [0.25, 0.3) is 0 Å². The van der Waals surface area contributed by atoms with Crippen LogP contribution in [-0.2, 0) is 6.42 Å². The van der Waals surface area contributed by atoms with Crippen LogP contribution in [0.15, 0.2) is 48.5 Å². The summed E-state index contributed by atoms with van der Waals surface area (Å²) in [5, 5.41) is 8.90. The molecule has 2 aromatic carbocycles. The number of benzene rings is 2. The highest BCUT2D eigenvalue weighted by Crippen LogP contribution is 2.13. The van der Waals surface area contributed by atoms with E-state index in [1.165, 1.54) is 0 Å². The predicted octanol–water partition coefficient (Wildman–Crippen LogP) is 3.31. The van der Waals surface area contributed by atoms with Crippen LogP contribution in [-0.4, -0.2) is 17.7 Å². The maximum atomic E-state index is 10.8. The molecular formula is C16H16O3. The van der Waals surface area contributed by atoms with Gasteiger partial charge < -0.3 is 9.84 Å². The molecule has 2 rings (SSSR count). The second-order valence-electron chi connectivity index (χ2n) is 4.36. The maximum Gasteiger partial charge on any atom is 0.335 e. The van der Waals surface area contributed by atoms with Crippen molar-refractivity contribution in [2.45, 2.75) is 13.3 Å². The summed E-state index contributed by atoms with van der Waals surface area (Å²) in [7, 11) is 0. The topological polar surface area (TPSA) is 46.5 Å². The van der Waals surface area contributed by atoms with Crippen LogP contribution in [0.4, 0.5) is 0 Å². The first kappa shape index (κ1) is 13.1. The Morgan fingerprint density at radius 2 is 1.89 bits per heavy atom. The maximum absolute atomic E-state index is 10.8. The quantitative estimate of drug-likeness (QED) is 0.892. The molecule has 0 heterocycles. The van der Waals surface area contributed by atoms with Crippen molar-refractivity contribution in [1.82, 2.24) is 0 Å². The van der Waals surface area contributed by atoms with Gasteiger partial charge in [0.25, 0.3) is 0 Å². The Balaban J connectivity index is 1.95. The van der Waals surface area contributed by atoms with Crippen molar-refractivity contribution in [1.29, 1.82) is 0 Å². The molecule has 0 amide bonds. The van der Waals surface area contributed by atoms with Crippen molar-refractivity contribution < 1.29 is 14.6 Å². The molecule has 0 aliphatic rings. The number of hydrogen-bond acceptors (Lipinski definition) is 2. The molecule has 0 radical (unpaired) electrons. The summed E-state index contributed by atoms with van der Waals surface area (Å²) in [6, 6.07) is 14.8. The molecule has 0 bridgehead atoms. The summed E-state index contributed by atoms with van der Waals surface area (Å²) in [6.07, 6.45) is 0.765. The molecule has 0 spiro atoms. The van der Waals surface area contributed by atoms with E-state index >= 15 is 0 Å². The molecular weight excluding hydrogens is 240 g/mol. The molecule has 19 heavy (non-hydrogen) atoms. The first-order valence-corrected chi connectivity index (χ1v) is 6.17. The number of carbonyl (C=O) groups is 1. The third-order valence-corrected chi connectivity index (χ3v) is 2.97. The Kier molecular flexibility index (Phi) is 4.18. The molecule has 0 unspecified atom stereocenters. The first-order valence-electron chi connectivity index (χ1n) is 6.17. The van der Waals surface area contributed by atoms with Crippen LogP contribution in [0.5, 0.6) is 5.75 Å². The zero-order chi connectivity index (χ0) is 13.7. The predicted molar refractivity (Wildman–Crippen MR) is 73.8 cm³/mol. The van der Waals surface area contributed by atoms with Gasteiger partial charge in [-0.2, -0.15) is 0 Å². The molecule has 3 heteroatoms. The lowest BCUT2D eigenvalue weighted by molar-refractivity contribution is 0.0697. The summed E-state index contributed by atoms with van der Waals surface area (Å²) in [4.78, 5) is 10.8. The van der Waals surface area contributed by atoms with Gasteiger partial charge in [-0.25, -0.2) is 4.79 Å². The Bertz CT molecular complexity index is 561. The van der Waals surface area contributed by atoms with Gasteiger partial charge in [0.2, 0.25) is 0 Å². The van der Waals surface area contributed by atoms with E-state index in [2.05, 4.69) is 0 Å². The van der Waals surface area contributed by atoms with Gasteiger partial charge >= 0.3 is 5.97 Å². The van der Waals surface area contributed by atoms with Crippen LogP contribution in [0.1, 0.15) is 21.5 Å². The third-order valence-electron chi connectivity index (χ3n) is 2.97. The van der Waals surface area contributed by atoms with Gasteiger partial charge in [-0.1, -0.05) is 24.3 Å². The molecule has 0 atom stereocenters. The van der Waals surface area contributed by atoms with Crippen molar-refractivity contribution in [3.63, 3.8) is 0 Å². The summed E-state index contributed by atoms with van der Waals surface area (Å²) in [6.45, 7) is 2.50. The van der Waals surface area contributed by atoms with Gasteiger partial charge in [0, 0.05) is 6.42 Å². The van der Waals surface area contributed by atoms with Crippen LogP contribution >= 0.6 is 0 Å². The second-order valence-corrected chi connectivity index (χ2v) is 4.36. The third kappa shape index (κ3) is 3.58. The minimum atomic E-state index is -0.893. The smallest absolute Gasteiger partial charge is 0.335 e. The van der Waals surface area contributed by atoms with Crippen LogP contribution in [0, 0.1) is 6.92 Å². The van der Waals surface area contributed by atoms with E-state index in [1.54, 1.807) is 12.1 Å². The van der Waals surface area contributed by atoms with Crippen molar-refractivity contribution in [2.24, 2.45) is 0 Å². The summed E-state index contributed by atoms with van der Waals surface area (Å²) < 4.78 is 5.63. The van der Waals surface area contributed by atoms with Gasteiger partial charge in [-0.3, -0.25) is 0 Å². The van der Waals surface area contributed by atoms with Crippen molar-refractivity contribution in [3.8, 4) is 5.75 Å². The van der Waals surface area contributed by atoms with Gasteiger partial charge in [-0.15, -0.1) is 0 Å². The lowest BCUT2D eigenvalue weighted by atomic mass is 10.0. The van der Waals surface area contributed by atoms with Crippen LogP contribution in [0.2, 0.25) is 0 Å².